The van der Waals surface area contributed by atoms with E-state index in [1.165, 1.54) is 45.1 Å². The lowest BCUT2D eigenvalue weighted by molar-refractivity contribution is 0.242. The van der Waals surface area contributed by atoms with Gasteiger partial charge in [0.05, 0.1) is 0 Å². The standard InChI is InChI=1S/C13H28N2/c1-4-14-13(10-11-15(2)3)12-8-6-5-7-9-12/h12-14H,4-11H2,1-3H3. The maximum absolute atomic E-state index is 3.68. The molecule has 1 aliphatic carbocycles. The predicted molar refractivity (Wildman–Crippen MR) is 67.2 cm³/mol. The smallest absolute Gasteiger partial charge is 0.0107 e. The quantitative estimate of drug-likeness (QED) is 0.728. The number of hydrogen-bond acceptors (Lipinski definition) is 2. The molecular weight excluding hydrogens is 184 g/mol. The van der Waals surface area contributed by atoms with E-state index in [2.05, 4.69) is 31.2 Å². The number of rotatable bonds is 6. The fourth-order valence-electron chi connectivity index (χ4n) is 2.70. The van der Waals surface area contributed by atoms with Gasteiger partial charge in [-0.2, -0.15) is 0 Å². The topological polar surface area (TPSA) is 15.3 Å². The minimum atomic E-state index is 0.762. The van der Waals surface area contributed by atoms with E-state index in [-0.39, 0.29) is 0 Å². The van der Waals surface area contributed by atoms with Crippen molar-refractivity contribution in [2.45, 2.75) is 51.5 Å². The van der Waals surface area contributed by atoms with Gasteiger partial charge in [-0.3, -0.25) is 0 Å². The number of nitrogens with one attached hydrogen (secondary N) is 1. The van der Waals surface area contributed by atoms with Gasteiger partial charge in [0.2, 0.25) is 0 Å². The summed E-state index contributed by atoms with van der Waals surface area (Å²) in [6.45, 7) is 4.56. The Balaban J connectivity index is 2.33. The van der Waals surface area contributed by atoms with Crippen LogP contribution in [0.15, 0.2) is 0 Å². The predicted octanol–water partition coefficient (Wildman–Crippen LogP) is 2.50. The molecule has 0 aromatic carbocycles. The molecule has 0 bridgehead atoms. The first-order chi connectivity index (χ1) is 7.24. The molecule has 1 saturated carbocycles. The van der Waals surface area contributed by atoms with Gasteiger partial charge in [0.25, 0.3) is 0 Å². The van der Waals surface area contributed by atoms with E-state index < -0.39 is 0 Å². The van der Waals surface area contributed by atoms with Crippen molar-refractivity contribution >= 4 is 0 Å². The summed E-state index contributed by atoms with van der Waals surface area (Å²) in [5.41, 5.74) is 0. The second kappa shape index (κ2) is 7.24. The van der Waals surface area contributed by atoms with Crippen LogP contribution in [0, 0.1) is 5.92 Å². The molecule has 0 spiro atoms. The third-order valence-corrected chi connectivity index (χ3v) is 3.57. The lowest BCUT2D eigenvalue weighted by Gasteiger charge is -2.31. The van der Waals surface area contributed by atoms with Crippen LogP contribution >= 0.6 is 0 Å². The molecule has 0 saturated heterocycles. The Bertz CT molecular complexity index is 151. The minimum absolute atomic E-state index is 0.762. The first kappa shape index (κ1) is 13.0. The van der Waals surface area contributed by atoms with Crippen LogP contribution in [-0.4, -0.2) is 38.1 Å². The van der Waals surface area contributed by atoms with Gasteiger partial charge in [-0.25, -0.2) is 0 Å². The van der Waals surface area contributed by atoms with Crippen LogP contribution in [-0.2, 0) is 0 Å². The van der Waals surface area contributed by atoms with Crippen molar-refractivity contribution in [1.82, 2.24) is 10.2 Å². The summed E-state index contributed by atoms with van der Waals surface area (Å²) in [6.07, 6.45) is 8.58. The van der Waals surface area contributed by atoms with Crippen LogP contribution in [0.5, 0.6) is 0 Å². The molecule has 0 aliphatic heterocycles. The first-order valence-corrected chi connectivity index (χ1v) is 6.62. The molecule has 0 heterocycles. The van der Waals surface area contributed by atoms with Crippen LogP contribution in [0.4, 0.5) is 0 Å². The van der Waals surface area contributed by atoms with E-state index in [4.69, 9.17) is 0 Å². The highest BCUT2D eigenvalue weighted by molar-refractivity contribution is 4.79. The summed E-state index contributed by atoms with van der Waals surface area (Å²) < 4.78 is 0. The summed E-state index contributed by atoms with van der Waals surface area (Å²) in [7, 11) is 4.34. The average Bonchev–Trinajstić information content (AvgIpc) is 2.25. The minimum Gasteiger partial charge on any atom is -0.314 e. The van der Waals surface area contributed by atoms with Crippen molar-refractivity contribution in [1.29, 1.82) is 0 Å². The molecule has 1 atom stereocenters. The number of hydrogen-bond donors (Lipinski definition) is 1. The van der Waals surface area contributed by atoms with Gasteiger partial charge in [-0.05, 0) is 52.4 Å². The third kappa shape index (κ3) is 4.98. The average molecular weight is 212 g/mol. The van der Waals surface area contributed by atoms with Gasteiger partial charge in [0.1, 0.15) is 0 Å². The molecule has 15 heavy (non-hydrogen) atoms. The molecule has 2 heteroatoms. The molecule has 0 radical (unpaired) electrons. The van der Waals surface area contributed by atoms with Crippen LogP contribution < -0.4 is 5.32 Å². The van der Waals surface area contributed by atoms with Crippen LogP contribution in [0.25, 0.3) is 0 Å². The summed E-state index contributed by atoms with van der Waals surface area (Å²) in [4.78, 5) is 2.30. The summed E-state index contributed by atoms with van der Waals surface area (Å²) in [6, 6.07) is 0.762. The summed E-state index contributed by atoms with van der Waals surface area (Å²) in [5, 5.41) is 3.68. The van der Waals surface area contributed by atoms with E-state index in [1.807, 2.05) is 0 Å². The summed E-state index contributed by atoms with van der Waals surface area (Å²) in [5.74, 6) is 0.943. The van der Waals surface area contributed by atoms with Gasteiger partial charge in [-0.15, -0.1) is 0 Å². The van der Waals surface area contributed by atoms with E-state index in [0.29, 0.717) is 0 Å². The molecule has 90 valence electrons. The first-order valence-electron chi connectivity index (χ1n) is 6.62. The normalized spacial score (nSPS) is 20.8. The Morgan fingerprint density at radius 3 is 2.40 bits per heavy atom. The maximum atomic E-state index is 3.68. The SMILES string of the molecule is CCNC(CCN(C)C)C1CCCCC1. The zero-order chi connectivity index (χ0) is 11.1. The van der Waals surface area contributed by atoms with Gasteiger partial charge in [0.15, 0.2) is 0 Å². The van der Waals surface area contributed by atoms with Crippen molar-refractivity contribution < 1.29 is 0 Å². The Labute approximate surface area is 95.4 Å². The monoisotopic (exact) mass is 212 g/mol. The Kier molecular flexibility index (Phi) is 6.26. The molecule has 1 fully saturated rings. The molecule has 1 unspecified atom stereocenters. The van der Waals surface area contributed by atoms with Crippen molar-refractivity contribution in [3.05, 3.63) is 0 Å². The van der Waals surface area contributed by atoms with Crippen LogP contribution in [0.1, 0.15) is 45.4 Å². The molecule has 2 nitrogen and oxygen atoms in total. The van der Waals surface area contributed by atoms with Crippen molar-refractivity contribution in [3.8, 4) is 0 Å². The highest BCUT2D eigenvalue weighted by Gasteiger charge is 2.22. The van der Waals surface area contributed by atoms with Crippen LogP contribution in [0.3, 0.4) is 0 Å². The van der Waals surface area contributed by atoms with Crippen molar-refractivity contribution in [3.63, 3.8) is 0 Å². The van der Waals surface area contributed by atoms with Crippen LogP contribution in [0.2, 0.25) is 0 Å². The number of nitrogens with zero attached hydrogens (tertiary/aromatic N) is 1. The molecule has 1 aliphatic rings. The Morgan fingerprint density at radius 1 is 1.20 bits per heavy atom. The fraction of sp³-hybridized carbons (Fsp3) is 1.00. The lowest BCUT2D eigenvalue weighted by atomic mass is 9.82. The van der Waals surface area contributed by atoms with Gasteiger partial charge in [0, 0.05) is 6.04 Å². The second-order valence-corrected chi connectivity index (χ2v) is 5.15. The van der Waals surface area contributed by atoms with Crippen molar-refractivity contribution in [2.24, 2.45) is 5.92 Å². The highest BCUT2D eigenvalue weighted by atomic mass is 15.1. The van der Waals surface area contributed by atoms with Crippen molar-refractivity contribution in [2.75, 3.05) is 27.2 Å². The Hall–Kier alpha value is -0.0800. The molecule has 0 aromatic rings. The highest BCUT2D eigenvalue weighted by Crippen LogP contribution is 2.27. The van der Waals surface area contributed by atoms with E-state index >= 15 is 0 Å². The van der Waals surface area contributed by atoms with E-state index in [9.17, 15) is 0 Å². The van der Waals surface area contributed by atoms with E-state index in [0.717, 1.165) is 18.5 Å². The molecule has 0 amide bonds. The Morgan fingerprint density at radius 2 is 1.87 bits per heavy atom. The molecule has 1 rings (SSSR count). The molecule has 0 aromatic heterocycles. The van der Waals surface area contributed by atoms with Gasteiger partial charge in [-0.1, -0.05) is 26.2 Å². The molecule has 1 N–H and O–H groups in total. The summed E-state index contributed by atoms with van der Waals surface area (Å²) >= 11 is 0. The fourth-order valence-corrected chi connectivity index (χ4v) is 2.70. The van der Waals surface area contributed by atoms with Gasteiger partial charge < -0.3 is 10.2 Å². The maximum Gasteiger partial charge on any atom is 0.0107 e. The van der Waals surface area contributed by atoms with Gasteiger partial charge >= 0.3 is 0 Å². The van der Waals surface area contributed by atoms with E-state index in [1.54, 1.807) is 0 Å². The second-order valence-electron chi connectivity index (χ2n) is 5.15. The largest absolute Gasteiger partial charge is 0.314 e. The lowest BCUT2D eigenvalue weighted by Crippen LogP contribution is -2.39. The molecular formula is C13H28N2. The third-order valence-electron chi connectivity index (χ3n) is 3.57. The zero-order valence-electron chi connectivity index (χ0n) is 10.8. The zero-order valence-corrected chi connectivity index (χ0v) is 10.8.